The van der Waals surface area contributed by atoms with Crippen molar-refractivity contribution < 1.29 is 4.74 Å². The number of hydrogen-bond donors (Lipinski definition) is 0. The van der Waals surface area contributed by atoms with Crippen molar-refractivity contribution in [1.29, 1.82) is 5.26 Å². The third kappa shape index (κ3) is 2.77. The van der Waals surface area contributed by atoms with Gasteiger partial charge in [0.2, 0.25) is 0 Å². The molecule has 78 valence electrons. The van der Waals surface area contributed by atoms with Crippen molar-refractivity contribution in [3.63, 3.8) is 0 Å². The number of nitriles is 1. The van der Waals surface area contributed by atoms with Gasteiger partial charge in [0.15, 0.2) is 0 Å². The molecule has 0 aromatic carbocycles. The second-order valence-electron chi connectivity index (χ2n) is 3.91. The summed E-state index contributed by atoms with van der Waals surface area (Å²) >= 11 is 0. The van der Waals surface area contributed by atoms with Crippen molar-refractivity contribution in [2.75, 3.05) is 0 Å². The average Bonchev–Trinajstić information content (AvgIpc) is 2.79. The fourth-order valence-electron chi connectivity index (χ4n) is 1.90. The Hall–Kier alpha value is -1.40. The molecule has 3 heteroatoms. The van der Waals surface area contributed by atoms with E-state index in [0.29, 0.717) is 18.3 Å². The molecule has 15 heavy (non-hydrogen) atoms. The highest BCUT2D eigenvalue weighted by Crippen LogP contribution is 2.21. The minimum Gasteiger partial charge on any atom is -0.373 e. The molecule has 2 rings (SSSR count). The van der Waals surface area contributed by atoms with E-state index in [2.05, 4.69) is 11.1 Å². The van der Waals surface area contributed by atoms with Crippen molar-refractivity contribution in [3.05, 3.63) is 29.6 Å². The molecule has 1 fully saturated rings. The quantitative estimate of drug-likeness (QED) is 0.756. The first kappa shape index (κ1) is 10.1. The van der Waals surface area contributed by atoms with Crippen LogP contribution < -0.4 is 0 Å². The average molecular weight is 202 g/mol. The molecular weight excluding hydrogens is 188 g/mol. The van der Waals surface area contributed by atoms with Crippen molar-refractivity contribution in [2.24, 2.45) is 0 Å². The summed E-state index contributed by atoms with van der Waals surface area (Å²) in [5, 5.41) is 8.71. The molecule has 0 atom stereocenters. The molecule has 0 N–H and O–H groups in total. The molecule has 0 unspecified atom stereocenters. The lowest BCUT2D eigenvalue weighted by atomic mass is 10.2. The van der Waals surface area contributed by atoms with Crippen LogP contribution in [0.5, 0.6) is 0 Å². The van der Waals surface area contributed by atoms with Gasteiger partial charge in [-0.15, -0.1) is 0 Å². The minimum atomic E-state index is 0.413. The van der Waals surface area contributed by atoms with E-state index in [-0.39, 0.29) is 0 Å². The van der Waals surface area contributed by atoms with E-state index >= 15 is 0 Å². The molecule has 1 saturated carbocycles. The zero-order valence-electron chi connectivity index (χ0n) is 8.65. The van der Waals surface area contributed by atoms with Gasteiger partial charge >= 0.3 is 0 Å². The summed E-state index contributed by atoms with van der Waals surface area (Å²) in [4.78, 5) is 4.00. The van der Waals surface area contributed by atoms with E-state index in [1.165, 1.54) is 25.7 Å². The molecule has 1 aromatic heterocycles. The third-order valence-corrected chi connectivity index (χ3v) is 2.71. The SMILES string of the molecule is N#Cc1cncc(COC2CCCC2)c1. The maximum Gasteiger partial charge on any atom is 0.101 e. The number of nitrogens with zero attached hydrogens (tertiary/aromatic N) is 2. The lowest BCUT2D eigenvalue weighted by Crippen LogP contribution is -2.07. The van der Waals surface area contributed by atoms with Gasteiger partial charge in [0.1, 0.15) is 6.07 Å². The van der Waals surface area contributed by atoms with E-state index in [0.717, 1.165) is 5.56 Å². The second-order valence-corrected chi connectivity index (χ2v) is 3.91. The molecule has 0 radical (unpaired) electrons. The van der Waals surface area contributed by atoms with Crippen LogP contribution >= 0.6 is 0 Å². The Kier molecular flexibility index (Phi) is 3.31. The van der Waals surface area contributed by atoms with Gasteiger partial charge in [0.25, 0.3) is 0 Å². The molecule has 1 heterocycles. The molecule has 1 aliphatic carbocycles. The summed E-state index contributed by atoms with van der Waals surface area (Å²) in [6.45, 7) is 0.577. The molecule has 0 spiro atoms. The van der Waals surface area contributed by atoms with E-state index < -0.39 is 0 Å². The van der Waals surface area contributed by atoms with Crippen LogP contribution in [-0.2, 0) is 11.3 Å². The van der Waals surface area contributed by atoms with Crippen molar-refractivity contribution in [1.82, 2.24) is 4.98 Å². The molecular formula is C12H14N2O. The fourth-order valence-corrected chi connectivity index (χ4v) is 1.90. The van der Waals surface area contributed by atoms with E-state index in [9.17, 15) is 0 Å². The maximum absolute atomic E-state index is 8.71. The van der Waals surface area contributed by atoms with Gasteiger partial charge in [-0.05, 0) is 24.5 Å². The summed E-state index contributed by atoms with van der Waals surface area (Å²) in [5.41, 5.74) is 1.59. The number of rotatable bonds is 3. The van der Waals surface area contributed by atoms with Crippen LogP contribution in [0.2, 0.25) is 0 Å². The predicted octanol–water partition coefficient (Wildman–Crippen LogP) is 2.41. The van der Waals surface area contributed by atoms with Crippen LogP contribution in [0.3, 0.4) is 0 Å². The minimum absolute atomic E-state index is 0.413. The van der Waals surface area contributed by atoms with Gasteiger partial charge in [0, 0.05) is 12.4 Å². The van der Waals surface area contributed by atoms with Crippen LogP contribution in [0.1, 0.15) is 36.8 Å². The number of aromatic nitrogens is 1. The first-order chi connectivity index (χ1) is 7.38. The van der Waals surface area contributed by atoms with Crippen molar-refractivity contribution in [2.45, 2.75) is 38.4 Å². The smallest absolute Gasteiger partial charge is 0.101 e. The highest BCUT2D eigenvalue weighted by Gasteiger charge is 2.15. The molecule has 0 aliphatic heterocycles. The van der Waals surface area contributed by atoms with Gasteiger partial charge in [-0.2, -0.15) is 5.26 Å². The Morgan fingerprint density at radius 3 is 2.93 bits per heavy atom. The maximum atomic E-state index is 8.71. The topological polar surface area (TPSA) is 45.9 Å². The molecule has 0 bridgehead atoms. The molecule has 1 aliphatic rings. The monoisotopic (exact) mass is 202 g/mol. The van der Waals surface area contributed by atoms with Crippen LogP contribution in [0.25, 0.3) is 0 Å². The van der Waals surface area contributed by atoms with Gasteiger partial charge < -0.3 is 4.74 Å². The van der Waals surface area contributed by atoms with Crippen LogP contribution in [0.15, 0.2) is 18.5 Å². The Balaban J connectivity index is 1.90. The zero-order valence-corrected chi connectivity index (χ0v) is 8.65. The van der Waals surface area contributed by atoms with Crippen LogP contribution in [-0.4, -0.2) is 11.1 Å². The standard InChI is InChI=1S/C12H14N2O/c13-6-10-5-11(8-14-7-10)9-15-12-3-1-2-4-12/h5,7-8,12H,1-4,9H2. The van der Waals surface area contributed by atoms with E-state index in [1.807, 2.05) is 6.07 Å². The van der Waals surface area contributed by atoms with Gasteiger partial charge in [-0.25, -0.2) is 0 Å². The molecule has 0 amide bonds. The third-order valence-electron chi connectivity index (χ3n) is 2.71. The largest absolute Gasteiger partial charge is 0.373 e. The first-order valence-corrected chi connectivity index (χ1v) is 5.34. The number of pyridine rings is 1. The Morgan fingerprint density at radius 1 is 1.40 bits per heavy atom. The summed E-state index contributed by atoms with van der Waals surface area (Å²) in [7, 11) is 0. The number of ether oxygens (including phenoxy) is 1. The highest BCUT2D eigenvalue weighted by molar-refractivity contribution is 5.28. The lowest BCUT2D eigenvalue weighted by Gasteiger charge is -2.10. The summed E-state index contributed by atoms with van der Waals surface area (Å²) in [6.07, 6.45) is 8.64. The summed E-state index contributed by atoms with van der Waals surface area (Å²) in [6, 6.07) is 3.91. The molecule has 1 aromatic rings. The number of hydrogen-bond acceptors (Lipinski definition) is 3. The summed E-state index contributed by atoms with van der Waals surface area (Å²) in [5.74, 6) is 0. The van der Waals surface area contributed by atoms with Gasteiger partial charge in [-0.3, -0.25) is 4.98 Å². The first-order valence-electron chi connectivity index (χ1n) is 5.34. The second kappa shape index (κ2) is 4.90. The van der Waals surface area contributed by atoms with Crippen molar-refractivity contribution >= 4 is 0 Å². The van der Waals surface area contributed by atoms with E-state index in [4.69, 9.17) is 10.00 Å². The van der Waals surface area contributed by atoms with Gasteiger partial charge in [0.05, 0.1) is 18.3 Å². The van der Waals surface area contributed by atoms with Crippen LogP contribution in [0.4, 0.5) is 0 Å². The molecule has 0 saturated heterocycles. The normalized spacial score (nSPS) is 16.5. The van der Waals surface area contributed by atoms with E-state index in [1.54, 1.807) is 12.4 Å². The summed E-state index contributed by atoms with van der Waals surface area (Å²) < 4.78 is 5.74. The Morgan fingerprint density at radius 2 is 2.20 bits per heavy atom. The lowest BCUT2D eigenvalue weighted by molar-refractivity contribution is 0.0455. The van der Waals surface area contributed by atoms with Crippen LogP contribution in [0, 0.1) is 11.3 Å². The van der Waals surface area contributed by atoms with Crippen molar-refractivity contribution in [3.8, 4) is 6.07 Å². The van der Waals surface area contributed by atoms with Gasteiger partial charge in [-0.1, -0.05) is 12.8 Å². The Bertz CT molecular complexity index is 364. The fraction of sp³-hybridized carbons (Fsp3) is 0.500. The Labute approximate surface area is 89.7 Å². The molecule has 3 nitrogen and oxygen atoms in total. The predicted molar refractivity (Wildman–Crippen MR) is 56.0 cm³/mol. The highest BCUT2D eigenvalue weighted by atomic mass is 16.5. The zero-order chi connectivity index (χ0) is 10.5.